The Morgan fingerprint density at radius 2 is 0.941 bits per heavy atom. The van der Waals surface area contributed by atoms with Crippen molar-refractivity contribution in [3.63, 3.8) is 0 Å². The van der Waals surface area contributed by atoms with Gasteiger partial charge < -0.3 is 9.47 Å². The van der Waals surface area contributed by atoms with Crippen LogP contribution in [0, 0.1) is 0 Å². The third-order valence-electron chi connectivity index (χ3n) is 6.57. The fourth-order valence-corrected chi connectivity index (χ4v) is 5.13. The second-order valence-electron chi connectivity index (χ2n) is 8.28. The summed E-state index contributed by atoms with van der Waals surface area (Å²) in [5, 5.41) is 0. The van der Waals surface area contributed by atoms with Gasteiger partial charge in [-0.05, 0) is 44.5 Å². The summed E-state index contributed by atoms with van der Waals surface area (Å²) in [6.07, 6.45) is 0. The van der Waals surface area contributed by atoms with Gasteiger partial charge in [0.15, 0.2) is 0 Å². The Bertz CT molecular complexity index is 1130. The highest BCUT2D eigenvalue weighted by Crippen LogP contribution is 2.45. The topological polar surface area (TPSA) is 52.6 Å². The Morgan fingerprint density at radius 3 is 1.29 bits per heavy atom. The third-order valence-corrected chi connectivity index (χ3v) is 6.57. The molecule has 0 spiro atoms. The van der Waals surface area contributed by atoms with E-state index in [0.29, 0.717) is 19.7 Å². The highest BCUT2D eigenvalue weighted by molar-refractivity contribution is 5.79. The van der Waals surface area contributed by atoms with Crippen LogP contribution in [0.3, 0.4) is 0 Å². The highest BCUT2D eigenvalue weighted by atomic mass is 16.5. The van der Waals surface area contributed by atoms with E-state index in [2.05, 4.69) is 48.5 Å². The van der Waals surface area contributed by atoms with E-state index in [1.165, 1.54) is 51.0 Å². The zero-order valence-corrected chi connectivity index (χ0v) is 18.5. The van der Waals surface area contributed by atoms with Crippen LogP contribution in [-0.2, 0) is 19.1 Å². The molecule has 1 radical (unpaired) electrons. The average molecular weight is 448 g/mol. The number of carbonyl (C=O) groups excluding carboxylic acids is 2. The van der Waals surface area contributed by atoms with E-state index in [1.807, 2.05) is 48.5 Å². The van der Waals surface area contributed by atoms with Crippen LogP contribution in [0.2, 0.25) is 0 Å². The average Bonchev–Trinajstić information content (AvgIpc) is 3.39. The molecule has 0 amide bonds. The number of carbonyl (C=O) groups is 1. The van der Waals surface area contributed by atoms with Crippen molar-refractivity contribution in [3.8, 4) is 22.3 Å². The quantitative estimate of drug-likeness (QED) is 0.348. The molecule has 0 atom stereocenters. The molecule has 0 saturated heterocycles. The molecule has 4 aromatic rings. The van der Waals surface area contributed by atoms with Gasteiger partial charge in [-0.25, -0.2) is 4.79 Å². The van der Waals surface area contributed by atoms with E-state index in [-0.39, 0.29) is 11.8 Å². The molecule has 0 aliphatic heterocycles. The lowest BCUT2D eigenvalue weighted by molar-refractivity contribution is -0.128. The Hall–Kier alpha value is -4.18. The summed E-state index contributed by atoms with van der Waals surface area (Å²) in [4.78, 5) is 20.6. The summed E-state index contributed by atoms with van der Waals surface area (Å²) in [5.41, 5.74) is 9.93. The lowest BCUT2D eigenvalue weighted by Crippen LogP contribution is -2.05. The predicted octanol–water partition coefficient (Wildman–Crippen LogP) is 5.85. The molecule has 4 nitrogen and oxygen atoms in total. The lowest BCUT2D eigenvalue weighted by atomic mass is 9.98. The Kier molecular flexibility index (Phi) is 6.21. The van der Waals surface area contributed by atoms with E-state index in [9.17, 15) is 9.59 Å². The third kappa shape index (κ3) is 3.88. The van der Waals surface area contributed by atoms with E-state index < -0.39 is 0 Å². The molecule has 0 N–H and O–H groups in total. The number of ether oxygens (including phenoxy) is 2. The van der Waals surface area contributed by atoms with Gasteiger partial charge in [-0.2, -0.15) is 0 Å². The van der Waals surface area contributed by atoms with Crippen molar-refractivity contribution in [3.05, 3.63) is 119 Å². The molecule has 0 aromatic heterocycles. The van der Waals surface area contributed by atoms with Crippen molar-refractivity contribution in [2.24, 2.45) is 0 Å². The SMILES string of the molecule is O=COCC1c2ccccc2-c2ccccc21.O=[C]OCC1c2ccccc2-c2ccccc21. The standard InChI is InChI=1S/C15H12O2.C15H11O2/c2*16-10-17-9-15-13-7-3-1-5-11(13)12-6-2-4-8-14(12)15/h1-8,10,15H,9H2;1-8,15H,9H2. The summed E-state index contributed by atoms with van der Waals surface area (Å²) < 4.78 is 9.78. The second-order valence-corrected chi connectivity index (χ2v) is 8.28. The molecule has 0 saturated carbocycles. The van der Waals surface area contributed by atoms with Gasteiger partial charge in [0.2, 0.25) is 0 Å². The van der Waals surface area contributed by atoms with E-state index in [4.69, 9.17) is 9.47 Å². The van der Waals surface area contributed by atoms with Crippen molar-refractivity contribution in [1.29, 1.82) is 0 Å². The molecule has 34 heavy (non-hydrogen) atoms. The van der Waals surface area contributed by atoms with Gasteiger partial charge in [0.25, 0.3) is 6.47 Å². The van der Waals surface area contributed by atoms with Crippen LogP contribution in [0.5, 0.6) is 0 Å². The number of fused-ring (bicyclic) bond motifs is 6. The summed E-state index contributed by atoms with van der Waals surface area (Å²) in [7, 11) is 0. The molecule has 4 heteroatoms. The maximum Gasteiger partial charge on any atom is 0.417 e. The van der Waals surface area contributed by atoms with Crippen molar-refractivity contribution >= 4 is 12.9 Å². The van der Waals surface area contributed by atoms with Gasteiger partial charge >= 0.3 is 6.47 Å². The predicted molar refractivity (Wildman–Crippen MR) is 131 cm³/mol. The van der Waals surface area contributed by atoms with Crippen LogP contribution in [-0.4, -0.2) is 26.2 Å². The Labute approximate surface area is 198 Å². The monoisotopic (exact) mass is 447 g/mol. The Morgan fingerprint density at radius 1 is 0.588 bits per heavy atom. The Balaban J connectivity index is 0.000000142. The minimum Gasteiger partial charge on any atom is -0.467 e. The summed E-state index contributed by atoms with van der Waals surface area (Å²) >= 11 is 0. The van der Waals surface area contributed by atoms with Crippen LogP contribution >= 0.6 is 0 Å². The van der Waals surface area contributed by atoms with E-state index in [0.717, 1.165) is 0 Å². The number of benzene rings is 4. The zero-order chi connectivity index (χ0) is 23.3. The normalized spacial score (nSPS) is 12.9. The van der Waals surface area contributed by atoms with Crippen LogP contribution in [0.4, 0.5) is 0 Å². The van der Waals surface area contributed by atoms with Crippen LogP contribution in [0.1, 0.15) is 34.1 Å². The first-order valence-corrected chi connectivity index (χ1v) is 11.2. The highest BCUT2D eigenvalue weighted by Gasteiger charge is 2.29. The molecule has 2 aliphatic rings. The molecular weight excluding hydrogens is 424 g/mol. The van der Waals surface area contributed by atoms with Gasteiger partial charge in [0.05, 0.1) is 0 Å². The molecule has 6 rings (SSSR count). The zero-order valence-electron chi connectivity index (χ0n) is 18.5. The number of rotatable bonds is 6. The fraction of sp³-hybridized carbons (Fsp3) is 0.133. The first-order chi connectivity index (χ1) is 16.8. The van der Waals surface area contributed by atoms with Crippen LogP contribution < -0.4 is 0 Å². The first kappa shape index (κ1) is 21.7. The van der Waals surface area contributed by atoms with Gasteiger partial charge in [0, 0.05) is 11.8 Å². The molecular formula is C30H23O4. The van der Waals surface area contributed by atoms with Crippen molar-refractivity contribution < 1.29 is 19.1 Å². The molecule has 4 aromatic carbocycles. The smallest absolute Gasteiger partial charge is 0.417 e. The molecule has 167 valence electrons. The maximum absolute atomic E-state index is 10.4. The minimum atomic E-state index is 0.142. The molecule has 0 fully saturated rings. The summed E-state index contributed by atoms with van der Waals surface area (Å²) in [6.45, 7) is 2.80. The largest absolute Gasteiger partial charge is 0.467 e. The van der Waals surface area contributed by atoms with Crippen LogP contribution in [0.15, 0.2) is 97.1 Å². The van der Waals surface area contributed by atoms with Crippen molar-refractivity contribution in [1.82, 2.24) is 0 Å². The fourth-order valence-electron chi connectivity index (χ4n) is 5.13. The van der Waals surface area contributed by atoms with E-state index in [1.54, 1.807) is 0 Å². The summed E-state index contributed by atoms with van der Waals surface area (Å²) in [6, 6.07) is 33.1. The molecule has 2 aliphatic carbocycles. The number of hydrogen-bond acceptors (Lipinski definition) is 4. The van der Waals surface area contributed by atoms with Gasteiger partial charge in [-0.15, -0.1) is 0 Å². The summed E-state index contributed by atoms with van der Waals surface area (Å²) in [5.74, 6) is 0.316. The second kappa shape index (κ2) is 9.75. The van der Waals surface area contributed by atoms with Crippen molar-refractivity contribution in [2.75, 3.05) is 13.2 Å². The van der Waals surface area contributed by atoms with Crippen LogP contribution in [0.25, 0.3) is 22.3 Å². The van der Waals surface area contributed by atoms with Gasteiger partial charge in [0.1, 0.15) is 13.2 Å². The van der Waals surface area contributed by atoms with E-state index >= 15 is 0 Å². The maximum atomic E-state index is 10.4. The van der Waals surface area contributed by atoms with Gasteiger partial charge in [-0.1, -0.05) is 97.1 Å². The van der Waals surface area contributed by atoms with Gasteiger partial charge in [-0.3, -0.25) is 4.79 Å². The molecule has 0 bridgehead atoms. The number of hydrogen-bond donors (Lipinski definition) is 0. The van der Waals surface area contributed by atoms with Crippen molar-refractivity contribution in [2.45, 2.75) is 11.8 Å². The first-order valence-electron chi connectivity index (χ1n) is 11.2. The minimum absolute atomic E-state index is 0.142. The molecule has 0 unspecified atom stereocenters. The molecule has 0 heterocycles. The lowest BCUT2D eigenvalue weighted by Gasteiger charge is -2.11.